The van der Waals surface area contributed by atoms with Crippen molar-refractivity contribution in [2.24, 2.45) is 13.0 Å². The van der Waals surface area contributed by atoms with Gasteiger partial charge in [0.1, 0.15) is 11.6 Å². The molecule has 0 radical (unpaired) electrons. The van der Waals surface area contributed by atoms with E-state index in [1.807, 2.05) is 29.8 Å². The number of fused-ring (bicyclic) bond motifs is 1. The molecule has 0 amide bonds. The van der Waals surface area contributed by atoms with Crippen LogP contribution in [0.5, 0.6) is 17.5 Å². The van der Waals surface area contributed by atoms with Crippen molar-refractivity contribution < 1.29 is 14.2 Å². The van der Waals surface area contributed by atoms with Crippen molar-refractivity contribution >= 4 is 11.0 Å². The molecule has 1 N–H and O–H groups in total. The second kappa shape index (κ2) is 7.63. The van der Waals surface area contributed by atoms with Gasteiger partial charge in [0.05, 0.1) is 37.5 Å². The largest absolute Gasteiger partial charge is 0.491 e. The molecule has 0 aliphatic carbocycles. The summed E-state index contributed by atoms with van der Waals surface area (Å²) in [6, 6.07) is 5.59. The summed E-state index contributed by atoms with van der Waals surface area (Å²) in [5, 5.41) is 3.39. The van der Waals surface area contributed by atoms with Gasteiger partial charge in [0, 0.05) is 19.5 Å². The molecule has 2 atom stereocenters. The Morgan fingerprint density at radius 1 is 1.14 bits per heavy atom. The molecule has 8 heteroatoms. The fraction of sp³-hybridized carbons (Fsp3) is 0.450. The lowest BCUT2D eigenvalue weighted by atomic mass is 10.0. The molecule has 1 fully saturated rings. The summed E-state index contributed by atoms with van der Waals surface area (Å²) in [6.45, 7) is 4.10. The van der Waals surface area contributed by atoms with Crippen LogP contribution in [0.4, 0.5) is 0 Å². The molecule has 3 aromatic heterocycles. The number of imidazole rings is 1. The summed E-state index contributed by atoms with van der Waals surface area (Å²) < 4.78 is 18.9. The van der Waals surface area contributed by atoms with Gasteiger partial charge < -0.3 is 24.1 Å². The number of rotatable bonds is 6. The highest BCUT2D eigenvalue weighted by Crippen LogP contribution is 2.32. The summed E-state index contributed by atoms with van der Waals surface area (Å²) in [5.74, 6) is 2.02. The van der Waals surface area contributed by atoms with Crippen molar-refractivity contribution in [2.45, 2.75) is 19.4 Å². The van der Waals surface area contributed by atoms with Gasteiger partial charge in [-0.3, -0.25) is 0 Å². The van der Waals surface area contributed by atoms with E-state index in [2.05, 4.69) is 22.2 Å². The molecular formula is C20H25N5O3. The molecule has 0 bridgehead atoms. The normalized spacial score (nSPS) is 17.6. The van der Waals surface area contributed by atoms with Crippen LogP contribution in [0.1, 0.15) is 13.3 Å². The summed E-state index contributed by atoms with van der Waals surface area (Å²) in [4.78, 5) is 13.8. The van der Waals surface area contributed by atoms with Gasteiger partial charge in [0.2, 0.25) is 5.88 Å². The monoisotopic (exact) mass is 383 g/mol. The van der Waals surface area contributed by atoms with Gasteiger partial charge in [-0.2, -0.15) is 0 Å². The zero-order valence-electron chi connectivity index (χ0n) is 16.6. The highest BCUT2D eigenvalue weighted by Gasteiger charge is 2.25. The maximum Gasteiger partial charge on any atom is 0.257 e. The van der Waals surface area contributed by atoms with Crippen molar-refractivity contribution in [1.82, 2.24) is 24.8 Å². The number of hydrogen-bond donors (Lipinski definition) is 1. The quantitative estimate of drug-likeness (QED) is 0.700. The fourth-order valence-electron chi connectivity index (χ4n) is 3.57. The lowest BCUT2D eigenvalue weighted by Gasteiger charge is -2.20. The topological polar surface area (TPSA) is 83.3 Å². The van der Waals surface area contributed by atoms with Crippen LogP contribution < -0.4 is 19.5 Å². The summed E-state index contributed by atoms with van der Waals surface area (Å²) >= 11 is 0. The van der Waals surface area contributed by atoms with E-state index in [0.717, 1.165) is 30.5 Å². The molecule has 1 aliphatic rings. The Hall–Kier alpha value is -2.87. The first-order valence-electron chi connectivity index (χ1n) is 9.39. The number of nitrogens with one attached hydrogen (secondary N) is 1. The molecule has 0 spiro atoms. The molecule has 8 nitrogen and oxygen atoms in total. The third-order valence-corrected chi connectivity index (χ3v) is 5.22. The number of aromatic nitrogens is 4. The Morgan fingerprint density at radius 3 is 2.68 bits per heavy atom. The number of hydrogen-bond acceptors (Lipinski definition) is 7. The first-order valence-corrected chi connectivity index (χ1v) is 9.39. The van der Waals surface area contributed by atoms with Gasteiger partial charge in [-0.25, -0.2) is 15.0 Å². The summed E-state index contributed by atoms with van der Waals surface area (Å²) in [6.07, 6.45) is 2.92. The van der Waals surface area contributed by atoms with Gasteiger partial charge in [-0.05, 0) is 38.1 Å². The minimum absolute atomic E-state index is 0.0502. The van der Waals surface area contributed by atoms with Crippen LogP contribution in [0.2, 0.25) is 0 Å². The Labute approximate surface area is 163 Å². The van der Waals surface area contributed by atoms with Gasteiger partial charge >= 0.3 is 0 Å². The maximum absolute atomic E-state index is 6.32. The third kappa shape index (κ3) is 3.35. The summed E-state index contributed by atoms with van der Waals surface area (Å²) in [5.41, 5.74) is 3.04. The van der Waals surface area contributed by atoms with Crippen LogP contribution in [0.25, 0.3) is 22.4 Å². The SMILES string of the molecule is COc1ccc(-c2cc3ncn(C)c3c(O[C@H](C)[C@@H]3CCNC3)n2)nc1OC. The molecule has 4 rings (SSSR count). The Bertz CT molecular complexity index is 981. The van der Waals surface area contributed by atoms with E-state index in [4.69, 9.17) is 19.2 Å². The smallest absolute Gasteiger partial charge is 0.257 e. The Balaban J connectivity index is 1.76. The molecule has 1 saturated heterocycles. The van der Waals surface area contributed by atoms with Crippen LogP contribution in [0.15, 0.2) is 24.5 Å². The number of nitrogens with zero attached hydrogens (tertiary/aromatic N) is 4. The third-order valence-electron chi connectivity index (χ3n) is 5.22. The van der Waals surface area contributed by atoms with E-state index in [9.17, 15) is 0 Å². The van der Waals surface area contributed by atoms with Gasteiger partial charge in [-0.1, -0.05) is 0 Å². The first kappa shape index (κ1) is 18.5. The summed E-state index contributed by atoms with van der Waals surface area (Å²) in [7, 11) is 5.10. The van der Waals surface area contributed by atoms with E-state index < -0.39 is 0 Å². The standard InChI is InChI=1S/C20H25N5O3/c1-12(13-7-8-21-10-13)28-20-18-16(22-11-25(18)2)9-15(24-20)14-5-6-17(26-3)19(23-14)27-4/h5-6,9,11-13,21H,7-8,10H2,1-4H3/t12-,13-/m1/s1. The van der Waals surface area contributed by atoms with Crippen molar-refractivity contribution in [3.05, 3.63) is 24.5 Å². The molecule has 3 aromatic rings. The second-order valence-electron chi connectivity index (χ2n) is 7.02. The first-order chi connectivity index (χ1) is 13.6. The molecular weight excluding hydrogens is 358 g/mol. The molecule has 4 heterocycles. The van der Waals surface area contributed by atoms with Crippen molar-refractivity contribution in [1.29, 1.82) is 0 Å². The average molecular weight is 383 g/mol. The Kier molecular flexibility index (Phi) is 5.04. The minimum atomic E-state index is 0.0502. The van der Waals surface area contributed by atoms with E-state index in [0.29, 0.717) is 34.8 Å². The van der Waals surface area contributed by atoms with Crippen molar-refractivity contribution in [2.75, 3.05) is 27.3 Å². The molecule has 28 heavy (non-hydrogen) atoms. The lowest BCUT2D eigenvalue weighted by Crippen LogP contribution is -2.26. The van der Waals surface area contributed by atoms with Gasteiger partial charge in [0.15, 0.2) is 5.75 Å². The zero-order chi connectivity index (χ0) is 19.7. The zero-order valence-corrected chi connectivity index (χ0v) is 16.6. The van der Waals surface area contributed by atoms with E-state index in [-0.39, 0.29) is 6.10 Å². The number of pyridine rings is 2. The number of aryl methyl sites for hydroxylation is 1. The minimum Gasteiger partial charge on any atom is -0.491 e. The average Bonchev–Trinajstić information content (AvgIpc) is 3.38. The highest BCUT2D eigenvalue weighted by atomic mass is 16.5. The van der Waals surface area contributed by atoms with Crippen LogP contribution in [-0.2, 0) is 7.05 Å². The number of methoxy groups -OCH3 is 2. The predicted octanol–water partition coefficient (Wildman–Crippen LogP) is 2.42. The molecule has 0 unspecified atom stereocenters. The van der Waals surface area contributed by atoms with E-state index >= 15 is 0 Å². The predicted molar refractivity (Wildman–Crippen MR) is 106 cm³/mol. The van der Waals surface area contributed by atoms with Crippen molar-refractivity contribution in [3.63, 3.8) is 0 Å². The number of ether oxygens (including phenoxy) is 3. The molecule has 0 aromatic carbocycles. The van der Waals surface area contributed by atoms with Gasteiger partial charge in [0.25, 0.3) is 5.88 Å². The van der Waals surface area contributed by atoms with Crippen LogP contribution in [0, 0.1) is 5.92 Å². The highest BCUT2D eigenvalue weighted by molar-refractivity contribution is 5.84. The van der Waals surface area contributed by atoms with Crippen molar-refractivity contribution in [3.8, 4) is 28.9 Å². The Morgan fingerprint density at radius 2 is 1.96 bits per heavy atom. The molecule has 0 saturated carbocycles. The van der Waals surface area contributed by atoms with E-state index in [1.165, 1.54) is 0 Å². The van der Waals surface area contributed by atoms with E-state index in [1.54, 1.807) is 20.5 Å². The van der Waals surface area contributed by atoms with Crippen LogP contribution in [0.3, 0.4) is 0 Å². The van der Waals surface area contributed by atoms with Crippen LogP contribution in [-0.4, -0.2) is 52.9 Å². The molecule has 1 aliphatic heterocycles. The molecule has 148 valence electrons. The maximum atomic E-state index is 6.32. The van der Waals surface area contributed by atoms with Crippen LogP contribution >= 0.6 is 0 Å². The fourth-order valence-corrected chi connectivity index (χ4v) is 3.57. The lowest BCUT2D eigenvalue weighted by molar-refractivity contribution is 0.156. The van der Waals surface area contributed by atoms with Gasteiger partial charge in [-0.15, -0.1) is 0 Å². The second-order valence-corrected chi connectivity index (χ2v) is 7.02.